The first kappa shape index (κ1) is 13.8. The molecule has 0 aromatic carbocycles. The molecular formula is C9H19N3O2S2. The molecule has 1 aliphatic carbocycles. The van der Waals surface area contributed by atoms with E-state index in [1.165, 1.54) is 4.31 Å². The highest BCUT2D eigenvalue weighted by atomic mass is 32.2. The maximum atomic E-state index is 12.0. The monoisotopic (exact) mass is 265 g/mol. The lowest BCUT2D eigenvalue weighted by Crippen LogP contribution is -2.45. The summed E-state index contributed by atoms with van der Waals surface area (Å²) in [6, 6.07) is 0.0293. The number of thiocarbonyl (C=S) groups is 1. The normalized spacial score (nSPS) is 17.0. The van der Waals surface area contributed by atoms with Gasteiger partial charge in [-0.15, -0.1) is 0 Å². The number of hydrogen-bond donors (Lipinski definition) is 2. The van der Waals surface area contributed by atoms with Crippen LogP contribution in [0.5, 0.6) is 0 Å². The van der Waals surface area contributed by atoms with Crippen LogP contribution in [0.2, 0.25) is 0 Å². The largest absolute Gasteiger partial charge is 0.393 e. The lowest BCUT2D eigenvalue weighted by atomic mass is 10.4. The molecular weight excluding hydrogens is 246 g/mol. The standard InChI is InChI=1S/C9H19N3O2S2/c1-7(2)11-16(13,14)12(8-3-4-8)6-5-9(10)15/h7-8,11H,3-6H2,1-2H3,(H2,10,15). The van der Waals surface area contributed by atoms with Gasteiger partial charge in [0.05, 0.1) is 4.99 Å². The summed E-state index contributed by atoms with van der Waals surface area (Å²) in [5.74, 6) is 0. The minimum Gasteiger partial charge on any atom is -0.393 e. The van der Waals surface area contributed by atoms with E-state index in [1.807, 2.05) is 0 Å². The van der Waals surface area contributed by atoms with E-state index in [1.54, 1.807) is 13.8 Å². The first-order valence-corrected chi connectivity index (χ1v) is 7.25. The molecule has 1 fully saturated rings. The Kier molecular flexibility index (Phi) is 4.66. The Morgan fingerprint density at radius 3 is 2.50 bits per heavy atom. The van der Waals surface area contributed by atoms with Crippen LogP contribution in [0.1, 0.15) is 33.1 Å². The molecule has 0 bridgehead atoms. The van der Waals surface area contributed by atoms with Crippen molar-refractivity contribution >= 4 is 27.4 Å². The summed E-state index contributed by atoms with van der Waals surface area (Å²) in [7, 11) is -3.39. The van der Waals surface area contributed by atoms with Crippen LogP contribution in [0.25, 0.3) is 0 Å². The second-order valence-electron chi connectivity index (χ2n) is 4.34. The molecule has 0 unspecified atom stereocenters. The van der Waals surface area contributed by atoms with Gasteiger partial charge in [0, 0.05) is 25.0 Å². The SMILES string of the molecule is CC(C)NS(=O)(=O)N(CCC(N)=S)C1CC1. The Morgan fingerprint density at radius 2 is 2.12 bits per heavy atom. The maximum absolute atomic E-state index is 12.0. The highest BCUT2D eigenvalue weighted by Crippen LogP contribution is 2.28. The molecule has 1 rings (SSSR count). The molecule has 1 saturated carbocycles. The number of nitrogens with two attached hydrogens (primary N) is 1. The molecule has 0 aliphatic heterocycles. The van der Waals surface area contributed by atoms with E-state index < -0.39 is 10.2 Å². The minimum atomic E-state index is -3.39. The first-order chi connectivity index (χ1) is 7.33. The molecule has 16 heavy (non-hydrogen) atoms. The van der Waals surface area contributed by atoms with Crippen LogP contribution < -0.4 is 10.5 Å². The molecule has 0 atom stereocenters. The Balaban J connectivity index is 2.65. The highest BCUT2D eigenvalue weighted by molar-refractivity contribution is 7.87. The maximum Gasteiger partial charge on any atom is 0.279 e. The van der Waals surface area contributed by atoms with Crippen molar-refractivity contribution < 1.29 is 8.42 Å². The van der Waals surface area contributed by atoms with E-state index in [-0.39, 0.29) is 12.1 Å². The van der Waals surface area contributed by atoms with E-state index in [0.29, 0.717) is 18.0 Å². The van der Waals surface area contributed by atoms with Crippen LogP contribution in [0.4, 0.5) is 0 Å². The molecule has 3 N–H and O–H groups in total. The molecule has 0 aromatic rings. The lowest BCUT2D eigenvalue weighted by Gasteiger charge is -2.23. The summed E-state index contributed by atoms with van der Waals surface area (Å²) >= 11 is 4.77. The van der Waals surface area contributed by atoms with Gasteiger partial charge in [-0.05, 0) is 26.7 Å². The highest BCUT2D eigenvalue weighted by Gasteiger charge is 2.36. The number of hydrogen-bond acceptors (Lipinski definition) is 3. The van der Waals surface area contributed by atoms with Gasteiger partial charge in [0.2, 0.25) is 0 Å². The predicted octanol–water partition coefficient (Wildman–Crippen LogP) is 0.370. The first-order valence-electron chi connectivity index (χ1n) is 5.40. The molecule has 94 valence electrons. The summed E-state index contributed by atoms with van der Waals surface area (Å²) in [6.07, 6.45) is 2.29. The number of nitrogens with one attached hydrogen (secondary N) is 1. The van der Waals surface area contributed by atoms with Gasteiger partial charge in [-0.25, -0.2) is 0 Å². The van der Waals surface area contributed by atoms with Crippen molar-refractivity contribution in [3.05, 3.63) is 0 Å². The van der Waals surface area contributed by atoms with Crippen LogP contribution in [-0.2, 0) is 10.2 Å². The number of rotatable bonds is 7. The second-order valence-corrected chi connectivity index (χ2v) is 6.52. The zero-order valence-corrected chi connectivity index (χ0v) is 11.3. The summed E-state index contributed by atoms with van der Waals surface area (Å²) in [6.45, 7) is 3.98. The molecule has 5 nitrogen and oxygen atoms in total. The summed E-state index contributed by atoms with van der Waals surface area (Å²) < 4.78 is 28.0. The van der Waals surface area contributed by atoms with Gasteiger partial charge in [-0.1, -0.05) is 12.2 Å². The lowest BCUT2D eigenvalue weighted by molar-refractivity contribution is 0.401. The van der Waals surface area contributed by atoms with Crippen molar-refractivity contribution in [2.75, 3.05) is 6.54 Å². The average molecular weight is 265 g/mol. The third kappa shape index (κ3) is 4.32. The van der Waals surface area contributed by atoms with Crippen molar-refractivity contribution in [2.45, 2.75) is 45.2 Å². The minimum absolute atomic E-state index is 0.101. The van der Waals surface area contributed by atoms with Crippen molar-refractivity contribution in [2.24, 2.45) is 5.73 Å². The van der Waals surface area contributed by atoms with Crippen molar-refractivity contribution in [3.8, 4) is 0 Å². The molecule has 0 aromatic heterocycles. The molecule has 0 spiro atoms. The zero-order valence-electron chi connectivity index (χ0n) is 9.64. The Labute approximate surface area is 103 Å². The van der Waals surface area contributed by atoms with Crippen molar-refractivity contribution in [1.29, 1.82) is 0 Å². The van der Waals surface area contributed by atoms with Crippen molar-refractivity contribution in [3.63, 3.8) is 0 Å². The molecule has 0 amide bonds. The molecule has 0 radical (unpaired) electrons. The van der Waals surface area contributed by atoms with Gasteiger partial charge in [0.1, 0.15) is 0 Å². The summed E-state index contributed by atoms with van der Waals surface area (Å²) in [5, 5.41) is 0. The topological polar surface area (TPSA) is 75.4 Å². The smallest absolute Gasteiger partial charge is 0.279 e. The fraction of sp³-hybridized carbons (Fsp3) is 0.889. The average Bonchev–Trinajstić information content (AvgIpc) is 2.84. The van der Waals surface area contributed by atoms with Crippen LogP contribution in [-0.4, -0.2) is 36.3 Å². The van der Waals surface area contributed by atoms with Crippen LogP contribution in [0, 0.1) is 0 Å². The van der Waals surface area contributed by atoms with Gasteiger partial charge in [0.15, 0.2) is 0 Å². The predicted molar refractivity (Wildman–Crippen MR) is 68.3 cm³/mol. The van der Waals surface area contributed by atoms with Crippen LogP contribution >= 0.6 is 12.2 Å². The fourth-order valence-electron chi connectivity index (χ4n) is 1.45. The quantitative estimate of drug-likeness (QED) is 0.652. The third-order valence-corrected chi connectivity index (χ3v) is 4.30. The zero-order chi connectivity index (χ0) is 12.3. The van der Waals surface area contributed by atoms with E-state index in [9.17, 15) is 8.42 Å². The van der Waals surface area contributed by atoms with Crippen molar-refractivity contribution in [1.82, 2.24) is 9.03 Å². The van der Waals surface area contributed by atoms with E-state index >= 15 is 0 Å². The molecule has 0 saturated heterocycles. The molecule has 7 heteroatoms. The Morgan fingerprint density at radius 1 is 1.56 bits per heavy atom. The summed E-state index contributed by atoms with van der Waals surface area (Å²) in [4.78, 5) is 0.352. The van der Waals surface area contributed by atoms with E-state index in [4.69, 9.17) is 18.0 Å². The third-order valence-electron chi connectivity index (χ3n) is 2.23. The molecule has 1 aliphatic rings. The second kappa shape index (κ2) is 5.39. The van der Waals surface area contributed by atoms with Gasteiger partial charge in [0.25, 0.3) is 10.2 Å². The number of nitrogens with zero attached hydrogens (tertiary/aromatic N) is 1. The Bertz CT molecular complexity index is 350. The van der Waals surface area contributed by atoms with E-state index in [2.05, 4.69) is 4.72 Å². The van der Waals surface area contributed by atoms with Gasteiger partial charge in [-0.3, -0.25) is 0 Å². The summed E-state index contributed by atoms with van der Waals surface area (Å²) in [5.41, 5.74) is 5.40. The Hall–Kier alpha value is -0.240. The molecule has 0 heterocycles. The van der Waals surface area contributed by atoms with E-state index in [0.717, 1.165) is 12.8 Å². The van der Waals surface area contributed by atoms with Gasteiger partial charge < -0.3 is 5.73 Å². The van der Waals surface area contributed by atoms with Crippen LogP contribution in [0.3, 0.4) is 0 Å². The fourth-order valence-corrected chi connectivity index (χ4v) is 3.20. The van der Waals surface area contributed by atoms with Gasteiger partial charge >= 0.3 is 0 Å². The van der Waals surface area contributed by atoms with Gasteiger partial charge in [-0.2, -0.15) is 17.4 Å². The van der Waals surface area contributed by atoms with Crippen LogP contribution in [0.15, 0.2) is 0 Å².